The first kappa shape index (κ1) is 18.4. The molecule has 1 amide bonds. The summed E-state index contributed by atoms with van der Waals surface area (Å²) in [5.41, 5.74) is 2.28. The van der Waals surface area contributed by atoms with Crippen molar-refractivity contribution in [3.8, 4) is 11.3 Å². The van der Waals surface area contributed by atoms with Crippen molar-refractivity contribution in [3.63, 3.8) is 0 Å². The molecule has 144 valence electrons. The molecule has 8 heteroatoms. The van der Waals surface area contributed by atoms with E-state index in [-0.39, 0.29) is 10.8 Å². The Labute approximate surface area is 163 Å². The van der Waals surface area contributed by atoms with Gasteiger partial charge in [0.05, 0.1) is 10.6 Å². The number of benzene rings is 2. The maximum atomic E-state index is 12.7. The summed E-state index contributed by atoms with van der Waals surface area (Å²) >= 11 is 0. The van der Waals surface area contributed by atoms with Crippen molar-refractivity contribution < 1.29 is 13.2 Å². The van der Waals surface area contributed by atoms with E-state index in [2.05, 4.69) is 15.5 Å². The van der Waals surface area contributed by atoms with Crippen LogP contribution in [-0.2, 0) is 10.0 Å². The smallest absolute Gasteiger partial charge is 0.273 e. The molecule has 0 unspecified atom stereocenters. The second-order valence-electron chi connectivity index (χ2n) is 6.63. The normalized spacial score (nSPS) is 14.9. The first-order chi connectivity index (χ1) is 13.5. The number of hydrogen-bond donors (Lipinski definition) is 2. The number of carbonyl (C=O) groups excluding carboxylic acids is 1. The van der Waals surface area contributed by atoms with Gasteiger partial charge < -0.3 is 5.32 Å². The number of aromatic amines is 1. The number of aromatic nitrogens is 2. The Balaban J connectivity index is 1.52. The number of amides is 1. The lowest BCUT2D eigenvalue weighted by atomic mass is 10.1. The van der Waals surface area contributed by atoms with Crippen LogP contribution in [0, 0.1) is 0 Å². The van der Waals surface area contributed by atoms with E-state index in [1.807, 2.05) is 30.3 Å². The molecule has 2 N–H and O–H groups in total. The van der Waals surface area contributed by atoms with Crippen LogP contribution >= 0.6 is 0 Å². The Hall–Kier alpha value is -2.97. The standard InChI is InChI=1S/C20H20N4O3S/c25-20(19-14-18(22-23-19)15-7-2-1-3-8-15)21-16-9-6-10-17(13-16)28(26,27)24-11-4-5-12-24/h1-3,6-10,13-14H,4-5,11-12H2,(H,21,25)(H,22,23). The number of anilines is 1. The predicted molar refractivity (Wildman–Crippen MR) is 106 cm³/mol. The lowest BCUT2D eigenvalue weighted by Crippen LogP contribution is -2.27. The van der Waals surface area contributed by atoms with Crippen molar-refractivity contribution in [2.24, 2.45) is 0 Å². The summed E-state index contributed by atoms with van der Waals surface area (Å²) in [6.07, 6.45) is 1.75. The zero-order valence-corrected chi connectivity index (χ0v) is 15.9. The molecule has 2 heterocycles. The van der Waals surface area contributed by atoms with Crippen molar-refractivity contribution >= 4 is 21.6 Å². The second-order valence-corrected chi connectivity index (χ2v) is 8.56. The molecule has 1 aliphatic heterocycles. The van der Waals surface area contributed by atoms with Crippen molar-refractivity contribution in [2.75, 3.05) is 18.4 Å². The van der Waals surface area contributed by atoms with Crippen LogP contribution in [0.15, 0.2) is 65.6 Å². The first-order valence-electron chi connectivity index (χ1n) is 9.06. The topological polar surface area (TPSA) is 95.2 Å². The minimum absolute atomic E-state index is 0.182. The fraction of sp³-hybridized carbons (Fsp3) is 0.200. The lowest BCUT2D eigenvalue weighted by molar-refractivity contribution is 0.102. The summed E-state index contributed by atoms with van der Waals surface area (Å²) in [6.45, 7) is 1.07. The number of H-pyrrole nitrogens is 1. The molecule has 1 aromatic heterocycles. The van der Waals surface area contributed by atoms with Crippen molar-refractivity contribution in [1.29, 1.82) is 0 Å². The molecule has 7 nitrogen and oxygen atoms in total. The van der Waals surface area contributed by atoms with Gasteiger partial charge in [-0.15, -0.1) is 0 Å². The average molecular weight is 396 g/mol. The molecule has 0 spiro atoms. The second kappa shape index (κ2) is 7.57. The number of nitrogens with one attached hydrogen (secondary N) is 2. The lowest BCUT2D eigenvalue weighted by Gasteiger charge is -2.16. The molecule has 0 radical (unpaired) electrons. The predicted octanol–water partition coefficient (Wildman–Crippen LogP) is 3.11. The van der Waals surface area contributed by atoms with E-state index in [4.69, 9.17) is 0 Å². The molecule has 0 bridgehead atoms. The molecule has 1 fully saturated rings. The Morgan fingerprint density at radius 3 is 2.50 bits per heavy atom. The molecular weight excluding hydrogens is 376 g/mol. The Bertz CT molecular complexity index is 1090. The van der Waals surface area contributed by atoms with Gasteiger partial charge in [-0.1, -0.05) is 36.4 Å². The molecule has 0 saturated carbocycles. The van der Waals surface area contributed by atoms with E-state index in [1.165, 1.54) is 10.4 Å². The van der Waals surface area contributed by atoms with Gasteiger partial charge in [-0.2, -0.15) is 9.40 Å². The molecular formula is C20H20N4O3S. The van der Waals surface area contributed by atoms with Crippen molar-refractivity contribution in [2.45, 2.75) is 17.7 Å². The van der Waals surface area contributed by atoms with Crippen LogP contribution in [0.25, 0.3) is 11.3 Å². The number of nitrogens with zero attached hydrogens (tertiary/aromatic N) is 2. The Morgan fingerprint density at radius 1 is 1.00 bits per heavy atom. The van der Waals surface area contributed by atoms with E-state index >= 15 is 0 Å². The monoisotopic (exact) mass is 396 g/mol. The van der Waals surface area contributed by atoms with Gasteiger partial charge in [0.1, 0.15) is 5.69 Å². The van der Waals surface area contributed by atoms with E-state index in [1.54, 1.807) is 24.3 Å². The molecule has 1 aliphatic rings. The van der Waals surface area contributed by atoms with Crippen LogP contribution in [0.4, 0.5) is 5.69 Å². The molecule has 4 rings (SSSR count). The fourth-order valence-electron chi connectivity index (χ4n) is 3.21. The average Bonchev–Trinajstić information content (AvgIpc) is 3.41. The van der Waals surface area contributed by atoms with Gasteiger partial charge in [-0.25, -0.2) is 8.42 Å². The van der Waals surface area contributed by atoms with Crippen LogP contribution < -0.4 is 5.32 Å². The maximum Gasteiger partial charge on any atom is 0.273 e. The highest BCUT2D eigenvalue weighted by atomic mass is 32.2. The summed E-state index contributed by atoms with van der Waals surface area (Å²) in [6, 6.07) is 17.5. The minimum Gasteiger partial charge on any atom is -0.321 e. The molecule has 1 saturated heterocycles. The molecule has 0 aliphatic carbocycles. The van der Waals surface area contributed by atoms with Gasteiger partial charge in [-0.05, 0) is 37.1 Å². The third kappa shape index (κ3) is 3.69. The summed E-state index contributed by atoms with van der Waals surface area (Å²) in [4.78, 5) is 12.7. The zero-order chi connectivity index (χ0) is 19.6. The van der Waals surface area contributed by atoms with Gasteiger partial charge in [0.25, 0.3) is 5.91 Å². The van der Waals surface area contributed by atoms with Crippen LogP contribution in [0.3, 0.4) is 0 Å². The quantitative estimate of drug-likeness (QED) is 0.693. The summed E-state index contributed by atoms with van der Waals surface area (Å²) in [5, 5.41) is 9.63. The summed E-state index contributed by atoms with van der Waals surface area (Å²) in [5.74, 6) is -0.384. The minimum atomic E-state index is -3.53. The van der Waals surface area contributed by atoms with Gasteiger partial charge in [0.15, 0.2) is 0 Å². The largest absolute Gasteiger partial charge is 0.321 e. The van der Waals surface area contributed by atoms with Crippen LogP contribution in [0.5, 0.6) is 0 Å². The van der Waals surface area contributed by atoms with Crippen LogP contribution in [0.1, 0.15) is 23.3 Å². The molecule has 2 aromatic carbocycles. The van der Waals surface area contributed by atoms with Gasteiger partial charge in [0.2, 0.25) is 10.0 Å². The van der Waals surface area contributed by atoms with Gasteiger partial charge in [-0.3, -0.25) is 9.89 Å². The first-order valence-corrected chi connectivity index (χ1v) is 10.5. The van der Waals surface area contributed by atoms with Gasteiger partial charge in [0, 0.05) is 24.3 Å². The number of carbonyl (C=O) groups is 1. The number of rotatable bonds is 5. The van der Waals surface area contributed by atoms with E-state index in [9.17, 15) is 13.2 Å². The SMILES string of the molecule is O=C(Nc1cccc(S(=O)(=O)N2CCCC2)c1)c1cc(-c2ccccc2)n[nH]1. The zero-order valence-electron chi connectivity index (χ0n) is 15.1. The van der Waals surface area contributed by atoms with Crippen LogP contribution in [0.2, 0.25) is 0 Å². The maximum absolute atomic E-state index is 12.7. The fourth-order valence-corrected chi connectivity index (χ4v) is 4.77. The highest BCUT2D eigenvalue weighted by Crippen LogP contribution is 2.23. The summed E-state index contributed by atoms with van der Waals surface area (Å²) < 4.78 is 26.9. The molecule has 28 heavy (non-hydrogen) atoms. The van der Waals surface area contributed by atoms with Crippen molar-refractivity contribution in [3.05, 3.63) is 66.4 Å². The summed E-state index contributed by atoms with van der Waals surface area (Å²) in [7, 11) is -3.53. The van der Waals surface area contributed by atoms with E-state index < -0.39 is 10.0 Å². The highest BCUT2D eigenvalue weighted by molar-refractivity contribution is 7.89. The molecule has 0 atom stereocenters. The third-order valence-corrected chi connectivity index (χ3v) is 6.58. The van der Waals surface area contributed by atoms with Crippen LogP contribution in [-0.4, -0.2) is 41.9 Å². The molecule has 3 aromatic rings. The number of hydrogen-bond acceptors (Lipinski definition) is 4. The highest BCUT2D eigenvalue weighted by Gasteiger charge is 2.27. The Morgan fingerprint density at radius 2 is 1.75 bits per heavy atom. The van der Waals surface area contributed by atoms with Gasteiger partial charge >= 0.3 is 0 Å². The van der Waals surface area contributed by atoms with Crippen molar-refractivity contribution in [1.82, 2.24) is 14.5 Å². The van der Waals surface area contributed by atoms with E-state index in [0.717, 1.165) is 18.4 Å². The Kier molecular flexibility index (Phi) is 4.97. The van der Waals surface area contributed by atoms with E-state index in [0.29, 0.717) is 30.2 Å². The third-order valence-electron chi connectivity index (χ3n) is 4.69. The number of sulfonamides is 1.